The molecular formula is C13H15ClN2O. The van der Waals surface area contributed by atoms with Crippen molar-refractivity contribution in [2.45, 2.75) is 13.3 Å². The molecule has 1 aromatic carbocycles. The van der Waals surface area contributed by atoms with Gasteiger partial charge in [0.1, 0.15) is 0 Å². The lowest BCUT2D eigenvalue weighted by atomic mass is 10.2. The Morgan fingerprint density at radius 3 is 2.82 bits per heavy atom. The minimum atomic E-state index is 0.0350. The number of amides is 1. The molecule has 0 saturated carbocycles. The summed E-state index contributed by atoms with van der Waals surface area (Å²) in [7, 11) is 1.79. The van der Waals surface area contributed by atoms with Crippen LogP contribution in [0.5, 0.6) is 0 Å². The van der Waals surface area contributed by atoms with Crippen molar-refractivity contribution in [1.29, 1.82) is 0 Å². The standard InChI is InChI=1S/C13H15ClN2O/c1-9-13(16(2)12(17)7-8-14)10-5-3-4-6-11(10)15-9/h3-6,15H,7-8H2,1-2H3. The number of nitrogens with one attached hydrogen (secondary N) is 1. The SMILES string of the molecule is Cc1[nH]c2ccccc2c1N(C)C(=O)CCCl. The zero-order chi connectivity index (χ0) is 12.4. The van der Waals surface area contributed by atoms with Gasteiger partial charge in [-0.15, -0.1) is 11.6 Å². The monoisotopic (exact) mass is 250 g/mol. The molecule has 1 heterocycles. The minimum Gasteiger partial charge on any atom is -0.357 e. The van der Waals surface area contributed by atoms with Gasteiger partial charge < -0.3 is 9.88 Å². The van der Waals surface area contributed by atoms with Crippen LogP contribution in [0, 0.1) is 6.92 Å². The van der Waals surface area contributed by atoms with Crippen LogP contribution in [0.1, 0.15) is 12.1 Å². The van der Waals surface area contributed by atoms with E-state index < -0.39 is 0 Å². The van der Waals surface area contributed by atoms with Crippen molar-refractivity contribution in [3.63, 3.8) is 0 Å². The molecule has 0 saturated heterocycles. The molecule has 1 aromatic heterocycles. The summed E-state index contributed by atoms with van der Waals surface area (Å²) in [6.45, 7) is 1.97. The summed E-state index contributed by atoms with van der Waals surface area (Å²) in [5, 5.41) is 1.07. The lowest BCUT2D eigenvalue weighted by Crippen LogP contribution is -2.26. The predicted octanol–water partition coefficient (Wildman–Crippen LogP) is 3.07. The number of aromatic amines is 1. The van der Waals surface area contributed by atoms with Crippen molar-refractivity contribution in [3.05, 3.63) is 30.0 Å². The first-order chi connectivity index (χ1) is 8.15. The van der Waals surface area contributed by atoms with Crippen molar-refractivity contribution < 1.29 is 4.79 Å². The second-order valence-electron chi connectivity index (χ2n) is 4.04. The number of hydrogen-bond donors (Lipinski definition) is 1. The molecule has 4 heteroatoms. The van der Waals surface area contributed by atoms with Gasteiger partial charge in [-0.3, -0.25) is 4.79 Å². The smallest absolute Gasteiger partial charge is 0.227 e. The Kier molecular flexibility index (Phi) is 3.38. The molecule has 0 unspecified atom stereocenters. The molecule has 1 N–H and O–H groups in total. The first-order valence-corrected chi connectivity index (χ1v) is 6.08. The highest BCUT2D eigenvalue weighted by atomic mass is 35.5. The lowest BCUT2D eigenvalue weighted by Gasteiger charge is -2.17. The third-order valence-electron chi connectivity index (χ3n) is 2.88. The Balaban J connectivity index is 2.47. The average molecular weight is 251 g/mol. The van der Waals surface area contributed by atoms with Crippen LogP contribution >= 0.6 is 11.6 Å². The van der Waals surface area contributed by atoms with E-state index in [4.69, 9.17) is 11.6 Å². The molecule has 0 aliphatic carbocycles. The van der Waals surface area contributed by atoms with Crippen molar-refractivity contribution >= 4 is 34.1 Å². The maximum Gasteiger partial charge on any atom is 0.227 e. The fourth-order valence-corrected chi connectivity index (χ4v) is 2.23. The quantitative estimate of drug-likeness (QED) is 0.835. The number of fused-ring (bicyclic) bond motifs is 1. The van der Waals surface area contributed by atoms with Gasteiger partial charge in [-0.25, -0.2) is 0 Å². The van der Waals surface area contributed by atoms with E-state index in [-0.39, 0.29) is 5.91 Å². The molecule has 90 valence electrons. The third kappa shape index (κ3) is 2.15. The number of rotatable bonds is 3. The molecule has 0 aliphatic heterocycles. The first-order valence-electron chi connectivity index (χ1n) is 5.55. The Labute approximate surface area is 105 Å². The van der Waals surface area contributed by atoms with Crippen LogP contribution in [-0.2, 0) is 4.79 Å². The zero-order valence-electron chi connectivity index (χ0n) is 9.96. The van der Waals surface area contributed by atoms with Gasteiger partial charge >= 0.3 is 0 Å². The fourth-order valence-electron chi connectivity index (χ4n) is 2.07. The Morgan fingerprint density at radius 1 is 1.41 bits per heavy atom. The summed E-state index contributed by atoms with van der Waals surface area (Å²) >= 11 is 5.60. The van der Waals surface area contributed by atoms with Gasteiger partial charge in [-0.05, 0) is 13.0 Å². The van der Waals surface area contributed by atoms with E-state index in [0.717, 1.165) is 22.3 Å². The number of para-hydroxylation sites is 1. The highest BCUT2D eigenvalue weighted by Crippen LogP contribution is 2.30. The summed E-state index contributed by atoms with van der Waals surface area (Å²) in [5.74, 6) is 0.387. The maximum absolute atomic E-state index is 11.9. The van der Waals surface area contributed by atoms with E-state index in [1.165, 1.54) is 0 Å². The second kappa shape index (κ2) is 4.80. The van der Waals surface area contributed by atoms with Gasteiger partial charge in [0.15, 0.2) is 0 Å². The molecule has 17 heavy (non-hydrogen) atoms. The Hall–Kier alpha value is -1.48. The lowest BCUT2D eigenvalue weighted by molar-refractivity contribution is -0.117. The number of hydrogen-bond acceptors (Lipinski definition) is 1. The van der Waals surface area contributed by atoms with E-state index in [0.29, 0.717) is 12.3 Å². The highest BCUT2D eigenvalue weighted by molar-refractivity contribution is 6.19. The molecular weight excluding hydrogens is 236 g/mol. The highest BCUT2D eigenvalue weighted by Gasteiger charge is 2.16. The molecule has 0 aliphatic rings. The molecule has 0 spiro atoms. The number of H-pyrrole nitrogens is 1. The van der Waals surface area contributed by atoms with Crippen molar-refractivity contribution in [2.24, 2.45) is 0 Å². The van der Waals surface area contributed by atoms with Crippen LogP contribution in [0.25, 0.3) is 10.9 Å². The van der Waals surface area contributed by atoms with Crippen molar-refractivity contribution in [3.8, 4) is 0 Å². The first kappa shape index (κ1) is 12.0. The Morgan fingerprint density at radius 2 is 2.12 bits per heavy atom. The van der Waals surface area contributed by atoms with Crippen molar-refractivity contribution in [2.75, 3.05) is 17.8 Å². The van der Waals surface area contributed by atoms with Crippen LogP contribution in [-0.4, -0.2) is 23.8 Å². The number of nitrogens with zero attached hydrogens (tertiary/aromatic N) is 1. The number of carbonyl (C=O) groups is 1. The predicted molar refractivity (Wildman–Crippen MR) is 71.8 cm³/mol. The molecule has 1 amide bonds. The third-order valence-corrected chi connectivity index (χ3v) is 3.07. The van der Waals surface area contributed by atoms with Gasteiger partial charge in [0.2, 0.25) is 5.91 Å². The summed E-state index contributed by atoms with van der Waals surface area (Å²) in [5.41, 5.74) is 2.98. The molecule has 3 nitrogen and oxygen atoms in total. The van der Waals surface area contributed by atoms with Gasteiger partial charge in [-0.2, -0.15) is 0 Å². The molecule has 2 rings (SSSR count). The zero-order valence-corrected chi connectivity index (χ0v) is 10.7. The molecule has 2 aromatic rings. The molecule has 0 radical (unpaired) electrons. The summed E-state index contributed by atoms with van der Waals surface area (Å²) in [6.07, 6.45) is 0.358. The average Bonchev–Trinajstić information content (AvgIpc) is 2.64. The van der Waals surface area contributed by atoms with E-state index >= 15 is 0 Å². The van der Waals surface area contributed by atoms with Gasteiger partial charge in [0.05, 0.1) is 5.69 Å². The number of benzene rings is 1. The van der Waals surface area contributed by atoms with Crippen LogP contribution < -0.4 is 4.90 Å². The van der Waals surface area contributed by atoms with Crippen molar-refractivity contribution in [1.82, 2.24) is 4.98 Å². The van der Waals surface area contributed by atoms with Gasteiger partial charge in [0.25, 0.3) is 0 Å². The van der Waals surface area contributed by atoms with Crippen LogP contribution in [0.15, 0.2) is 24.3 Å². The molecule has 0 bridgehead atoms. The number of aromatic nitrogens is 1. The number of alkyl halides is 1. The number of aryl methyl sites for hydroxylation is 1. The van der Waals surface area contributed by atoms with Crippen LogP contribution in [0.2, 0.25) is 0 Å². The van der Waals surface area contributed by atoms with Gasteiger partial charge in [-0.1, -0.05) is 18.2 Å². The largest absolute Gasteiger partial charge is 0.357 e. The number of anilines is 1. The van der Waals surface area contributed by atoms with Crippen LogP contribution in [0.3, 0.4) is 0 Å². The molecule has 0 atom stereocenters. The van der Waals surface area contributed by atoms with E-state index in [2.05, 4.69) is 4.98 Å². The van der Waals surface area contributed by atoms with E-state index in [1.807, 2.05) is 31.2 Å². The van der Waals surface area contributed by atoms with Gasteiger partial charge in [0, 0.05) is 35.9 Å². The number of halogens is 1. The van der Waals surface area contributed by atoms with E-state index in [9.17, 15) is 4.79 Å². The summed E-state index contributed by atoms with van der Waals surface area (Å²) in [6, 6.07) is 7.96. The fraction of sp³-hybridized carbons (Fsp3) is 0.308. The summed E-state index contributed by atoms with van der Waals surface area (Å²) in [4.78, 5) is 16.8. The second-order valence-corrected chi connectivity index (χ2v) is 4.41. The minimum absolute atomic E-state index is 0.0350. The van der Waals surface area contributed by atoms with Crippen LogP contribution in [0.4, 0.5) is 5.69 Å². The topological polar surface area (TPSA) is 36.1 Å². The molecule has 0 fully saturated rings. The number of carbonyl (C=O) groups excluding carboxylic acids is 1. The summed E-state index contributed by atoms with van der Waals surface area (Å²) < 4.78 is 0. The van der Waals surface area contributed by atoms with E-state index in [1.54, 1.807) is 11.9 Å². The maximum atomic E-state index is 11.9. The Bertz CT molecular complexity index is 547. The normalized spacial score (nSPS) is 10.8.